The van der Waals surface area contributed by atoms with Crippen LogP contribution in [0.1, 0.15) is 18.1 Å². The van der Waals surface area contributed by atoms with Crippen LogP contribution in [0.25, 0.3) is 10.9 Å². The van der Waals surface area contributed by atoms with E-state index in [0.29, 0.717) is 5.56 Å². The van der Waals surface area contributed by atoms with Gasteiger partial charge in [-0.2, -0.15) is 5.26 Å². The van der Waals surface area contributed by atoms with Crippen LogP contribution in [0.2, 0.25) is 0 Å². The first-order chi connectivity index (χ1) is 11.2. The Kier molecular flexibility index (Phi) is 4.50. The lowest BCUT2D eigenvalue weighted by molar-refractivity contribution is 1.14. The average Bonchev–Trinajstić information content (AvgIpc) is 2.61. The van der Waals surface area contributed by atoms with Gasteiger partial charge in [-0.1, -0.05) is 19.1 Å². The highest BCUT2D eigenvalue weighted by atomic mass is 32.2. The number of nitrogens with zero attached hydrogens (tertiary/aromatic N) is 2. The highest BCUT2D eigenvalue weighted by molar-refractivity contribution is 7.98. The van der Waals surface area contributed by atoms with E-state index in [0.717, 1.165) is 28.7 Å². The number of benzene rings is 2. The first-order valence-corrected chi connectivity index (χ1v) is 8.70. The molecule has 114 valence electrons. The SMILES string of the molecule is CCc1ccc2ncc(C#N)c(Nc3cccc(SC)c3)c2c1. The molecule has 1 heterocycles. The molecule has 0 unspecified atom stereocenters. The molecule has 0 aliphatic heterocycles. The van der Waals surface area contributed by atoms with E-state index in [1.54, 1.807) is 18.0 Å². The van der Waals surface area contributed by atoms with Crippen molar-refractivity contribution in [3.63, 3.8) is 0 Å². The highest BCUT2D eigenvalue weighted by Gasteiger charge is 2.10. The Morgan fingerprint density at radius 1 is 1.22 bits per heavy atom. The summed E-state index contributed by atoms with van der Waals surface area (Å²) >= 11 is 1.70. The second kappa shape index (κ2) is 6.72. The van der Waals surface area contributed by atoms with Gasteiger partial charge in [-0.25, -0.2) is 0 Å². The van der Waals surface area contributed by atoms with Crippen molar-refractivity contribution in [2.24, 2.45) is 0 Å². The predicted molar refractivity (Wildman–Crippen MR) is 97.3 cm³/mol. The van der Waals surface area contributed by atoms with Crippen LogP contribution < -0.4 is 5.32 Å². The topological polar surface area (TPSA) is 48.7 Å². The van der Waals surface area contributed by atoms with E-state index >= 15 is 0 Å². The predicted octanol–water partition coefficient (Wildman–Crippen LogP) is 5.13. The van der Waals surface area contributed by atoms with Gasteiger partial charge in [0.1, 0.15) is 6.07 Å². The summed E-state index contributed by atoms with van der Waals surface area (Å²) in [5, 5.41) is 13.8. The standard InChI is InChI=1S/C19H17N3S/c1-3-13-7-8-18-17(9-13)19(14(11-20)12-21-18)22-15-5-4-6-16(10-15)23-2/h4-10,12H,3H2,1-2H3,(H,21,22). The summed E-state index contributed by atoms with van der Waals surface area (Å²) in [5.74, 6) is 0. The largest absolute Gasteiger partial charge is 0.354 e. The molecule has 4 heteroatoms. The van der Waals surface area contributed by atoms with Crippen molar-refractivity contribution in [2.75, 3.05) is 11.6 Å². The molecule has 0 radical (unpaired) electrons. The number of fused-ring (bicyclic) bond motifs is 1. The third-order valence-corrected chi connectivity index (χ3v) is 4.53. The van der Waals surface area contributed by atoms with Crippen molar-refractivity contribution in [3.8, 4) is 6.07 Å². The molecule has 0 bridgehead atoms. The van der Waals surface area contributed by atoms with Crippen LogP contribution in [0.5, 0.6) is 0 Å². The highest BCUT2D eigenvalue weighted by Crippen LogP contribution is 2.30. The lowest BCUT2D eigenvalue weighted by atomic mass is 10.1. The number of aryl methyl sites for hydroxylation is 1. The molecular weight excluding hydrogens is 302 g/mol. The molecule has 2 aromatic carbocycles. The summed E-state index contributed by atoms with van der Waals surface area (Å²) in [6.07, 6.45) is 4.64. The van der Waals surface area contributed by atoms with Crippen LogP contribution in [0, 0.1) is 11.3 Å². The smallest absolute Gasteiger partial charge is 0.103 e. The lowest BCUT2D eigenvalue weighted by Crippen LogP contribution is -1.97. The van der Waals surface area contributed by atoms with Gasteiger partial charge in [-0.3, -0.25) is 4.98 Å². The Hall–Kier alpha value is -2.51. The Balaban J connectivity index is 2.15. The summed E-state index contributed by atoms with van der Waals surface area (Å²) in [6.45, 7) is 2.12. The molecule has 0 fully saturated rings. The van der Waals surface area contributed by atoms with Gasteiger partial charge < -0.3 is 5.32 Å². The van der Waals surface area contributed by atoms with Crippen LogP contribution in [0.3, 0.4) is 0 Å². The lowest BCUT2D eigenvalue weighted by Gasteiger charge is -2.13. The van der Waals surface area contributed by atoms with E-state index in [4.69, 9.17) is 0 Å². The first kappa shape index (κ1) is 15.4. The van der Waals surface area contributed by atoms with Crippen molar-refractivity contribution >= 4 is 34.0 Å². The van der Waals surface area contributed by atoms with Gasteiger partial charge in [0.15, 0.2) is 0 Å². The molecule has 0 saturated heterocycles. The van der Waals surface area contributed by atoms with Crippen LogP contribution in [0.15, 0.2) is 53.6 Å². The normalized spacial score (nSPS) is 10.5. The summed E-state index contributed by atoms with van der Waals surface area (Å²) in [7, 11) is 0. The van der Waals surface area contributed by atoms with Gasteiger partial charge in [0.25, 0.3) is 0 Å². The number of hydrogen-bond acceptors (Lipinski definition) is 4. The van der Waals surface area contributed by atoms with E-state index in [1.165, 1.54) is 10.5 Å². The quantitative estimate of drug-likeness (QED) is 0.677. The fourth-order valence-electron chi connectivity index (χ4n) is 2.52. The average molecular weight is 319 g/mol. The minimum atomic E-state index is 0.556. The zero-order valence-electron chi connectivity index (χ0n) is 13.1. The molecule has 0 spiro atoms. The Bertz CT molecular complexity index is 897. The Morgan fingerprint density at radius 2 is 2.09 bits per heavy atom. The minimum absolute atomic E-state index is 0.556. The molecule has 0 atom stereocenters. The monoisotopic (exact) mass is 319 g/mol. The molecule has 23 heavy (non-hydrogen) atoms. The molecule has 1 aromatic heterocycles. The molecular formula is C19H17N3S. The van der Waals surface area contributed by atoms with Crippen molar-refractivity contribution in [1.82, 2.24) is 4.98 Å². The molecule has 1 N–H and O–H groups in total. The van der Waals surface area contributed by atoms with Gasteiger partial charge in [0.2, 0.25) is 0 Å². The Morgan fingerprint density at radius 3 is 2.83 bits per heavy atom. The second-order valence-corrected chi connectivity index (χ2v) is 6.10. The van der Waals surface area contributed by atoms with Crippen molar-refractivity contribution in [2.45, 2.75) is 18.2 Å². The number of hydrogen-bond donors (Lipinski definition) is 1. The number of anilines is 2. The van der Waals surface area contributed by atoms with Crippen LogP contribution >= 0.6 is 11.8 Å². The maximum absolute atomic E-state index is 9.45. The van der Waals surface area contributed by atoms with Crippen LogP contribution in [-0.2, 0) is 6.42 Å². The van der Waals surface area contributed by atoms with E-state index in [1.807, 2.05) is 18.2 Å². The van der Waals surface area contributed by atoms with Crippen molar-refractivity contribution < 1.29 is 0 Å². The van der Waals surface area contributed by atoms with Gasteiger partial charge in [0, 0.05) is 22.2 Å². The van der Waals surface area contributed by atoms with E-state index in [2.05, 4.69) is 53.8 Å². The molecule has 0 aliphatic rings. The number of aromatic nitrogens is 1. The van der Waals surface area contributed by atoms with Gasteiger partial charge in [-0.05, 0) is 48.6 Å². The summed E-state index contributed by atoms with van der Waals surface area (Å²) in [5.41, 5.74) is 4.48. The zero-order valence-corrected chi connectivity index (χ0v) is 13.9. The minimum Gasteiger partial charge on any atom is -0.354 e. The van der Waals surface area contributed by atoms with Crippen LogP contribution in [0.4, 0.5) is 11.4 Å². The fourth-order valence-corrected chi connectivity index (χ4v) is 2.98. The van der Waals surface area contributed by atoms with Crippen LogP contribution in [-0.4, -0.2) is 11.2 Å². The molecule has 0 amide bonds. The van der Waals surface area contributed by atoms with E-state index in [-0.39, 0.29) is 0 Å². The number of rotatable bonds is 4. The second-order valence-electron chi connectivity index (χ2n) is 5.22. The summed E-state index contributed by atoms with van der Waals surface area (Å²) in [4.78, 5) is 5.58. The molecule has 3 aromatic rings. The summed E-state index contributed by atoms with van der Waals surface area (Å²) < 4.78 is 0. The Labute approximate surface area is 140 Å². The number of nitrogens with one attached hydrogen (secondary N) is 1. The third kappa shape index (κ3) is 3.15. The maximum Gasteiger partial charge on any atom is 0.103 e. The first-order valence-electron chi connectivity index (χ1n) is 7.48. The maximum atomic E-state index is 9.45. The third-order valence-electron chi connectivity index (χ3n) is 3.80. The fraction of sp³-hybridized carbons (Fsp3) is 0.158. The summed E-state index contributed by atoms with van der Waals surface area (Å²) in [6, 6.07) is 16.6. The number of pyridine rings is 1. The van der Waals surface area contributed by atoms with E-state index in [9.17, 15) is 5.26 Å². The molecule has 0 aliphatic carbocycles. The molecule has 3 rings (SSSR count). The van der Waals surface area contributed by atoms with Gasteiger partial charge in [0.05, 0.1) is 16.8 Å². The van der Waals surface area contributed by atoms with E-state index < -0.39 is 0 Å². The van der Waals surface area contributed by atoms with Gasteiger partial charge >= 0.3 is 0 Å². The number of thioether (sulfide) groups is 1. The van der Waals surface area contributed by atoms with Gasteiger partial charge in [-0.15, -0.1) is 11.8 Å². The number of nitriles is 1. The molecule has 0 saturated carbocycles. The van der Waals surface area contributed by atoms with Crippen molar-refractivity contribution in [1.29, 1.82) is 5.26 Å². The molecule has 3 nitrogen and oxygen atoms in total. The van der Waals surface area contributed by atoms with Crippen molar-refractivity contribution in [3.05, 3.63) is 59.8 Å². The zero-order chi connectivity index (χ0) is 16.2.